The topological polar surface area (TPSA) is 171 Å². The lowest BCUT2D eigenvalue weighted by molar-refractivity contribution is 0.0600. The maximum absolute atomic E-state index is 13.2. The van der Waals surface area contributed by atoms with Crippen LogP contribution < -0.4 is 9.46 Å². The van der Waals surface area contributed by atoms with Crippen molar-refractivity contribution in [2.24, 2.45) is 0 Å². The van der Waals surface area contributed by atoms with E-state index in [1.165, 1.54) is 49.3 Å². The highest BCUT2D eigenvalue weighted by Gasteiger charge is 2.23. The molecule has 2 heterocycles. The number of aromatic nitrogens is 3. The Morgan fingerprint density at radius 2 is 1.85 bits per heavy atom. The van der Waals surface area contributed by atoms with Crippen LogP contribution in [0.5, 0.6) is 5.75 Å². The molecule has 13 heteroatoms. The molecule has 0 atom stereocenters. The second-order valence-corrected chi connectivity index (χ2v) is 10.5. The number of sulfonamides is 1. The van der Waals surface area contributed by atoms with Crippen LogP contribution >= 0.6 is 11.8 Å². The first-order valence-corrected chi connectivity index (χ1v) is 13.7. The summed E-state index contributed by atoms with van der Waals surface area (Å²) in [5.74, 6) is 0.532. The fourth-order valence-corrected chi connectivity index (χ4v) is 5.39. The Morgan fingerprint density at radius 3 is 2.51 bits per heavy atom. The minimum atomic E-state index is -4.09. The van der Waals surface area contributed by atoms with Crippen molar-refractivity contribution < 1.29 is 22.7 Å². The number of hydrogen-bond acceptors (Lipinski definition) is 10. The lowest BCUT2D eigenvalue weighted by atomic mass is 10.1. The maximum Gasteiger partial charge on any atom is 0.337 e. The van der Waals surface area contributed by atoms with Gasteiger partial charge in [0.15, 0.2) is 6.61 Å². The first kappa shape index (κ1) is 27.2. The van der Waals surface area contributed by atoms with Gasteiger partial charge in [-0.3, -0.25) is 14.8 Å². The molecule has 0 unspecified atom stereocenters. The van der Waals surface area contributed by atoms with Crippen LogP contribution in [0.3, 0.4) is 0 Å². The van der Waals surface area contributed by atoms with Crippen molar-refractivity contribution in [3.63, 3.8) is 0 Å². The number of thioether (sulfide) groups is 1. The van der Waals surface area contributed by atoms with Crippen molar-refractivity contribution in [1.29, 1.82) is 10.5 Å². The highest BCUT2D eigenvalue weighted by Crippen LogP contribution is 2.37. The number of nitrogens with zero attached hydrogens (tertiary/aromatic N) is 4. The molecule has 0 radical (unpaired) electrons. The number of nitrogens with one attached hydrogen (secondary N) is 2. The fraction of sp³-hybridized carbons (Fsp3) is 0.115. The Bertz CT molecular complexity index is 1670. The van der Waals surface area contributed by atoms with Gasteiger partial charge in [0, 0.05) is 11.9 Å². The molecule has 0 saturated heterocycles. The second kappa shape index (κ2) is 12.1. The van der Waals surface area contributed by atoms with Crippen molar-refractivity contribution in [3.8, 4) is 29.1 Å². The Labute approximate surface area is 228 Å². The average molecular weight is 561 g/mol. The second-order valence-electron chi connectivity index (χ2n) is 7.82. The van der Waals surface area contributed by atoms with Crippen LogP contribution in [0.4, 0.5) is 5.82 Å². The molecule has 11 nitrogen and oxygen atoms in total. The Balaban J connectivity index is 1.63. The molecule has 39 heavy (non-hydrogen) atoms. The number of anilines is 1. The number of carbonyl (C=O) groups excluding carboxylic acids is 1. The van der Waals surface area contributed by atoms with Crippen LogP contribution in [0, 0.1) is 22.7 Å². The van der Waals surface area contributed by atoms with E-state index in [4.69, 9.17) is 10.00 Å². The Kier molecular flexibility index (Phi) is 8.46. The van der Waals surface area contributed by atoms with Gasteiger partial charge in [-0.05, 0) is 54.1 Å². The third kappa shape index (κ3) is 6.54. The smallest absolute Gasteiger partial charge is 0.337 e. The zero-order chi connectivity index (χ0) is 27.8. The summed E-state index contributed by atoms with van der Waals surface area (Å²) < 4.78 is 38.8. The molecule has 0 aliphatic carbocycles. The van der Waals surface area contributed by atoms with Crippen LogP contribution in [-0.2, 0) is 20.5 Å². The number of rotatable bonds is 10. The van der Waals surface area contributed by atoms with E-state index in [9.17, 15) is 18.5 Å². The highest BCUT2D eigenvalue weighted by molar-refractivity contribution is 7.98. The van der Waals surface area contributed by atoms with Crippen LogP contribution in [0.1, 0.15) is 21.5 Å². The molecule has 0 spiro atoms. The maximum atomic E-state index is 13.2. The molecule has 0 bridgehead atoms. The van der Waals surface area contributed by atoms with Crippen molar-refractivity contribution >= 4 is 33.6 Å². The van der Waals surface area contributed by atoms with Crippen LogP contribution in [-0.4, -0.2) is 43.3 Å². The predicted octanol–water partition coefficient (Wildman–Crippen LogP) is 4.13. The van der Waals surface area contributed by atoms with Crippen LogP contribution in [0.2, 0.25) is 0 Å². The molecular formula is C26H20N6O5S2. The summed E-state index contributed by atoms with van der Waals surface area (Å²) in [5.41, 5.74) is 2.21. The van der Waals surface area contributed by atoms with Gasteiger partial charge in [0.05, 0.1) is 40.5 Å². The highest BCUT2D eigenvalue weighted by atomic mass is 32.2. The van der Waals surface area contributed by atoms with E-state index in [2.05, 4.69) is 30.7 Å². The van der Waals surface area contributed by atoms with E-state index < -0.39 is 16.0 Å². The third-order valence-corrected chi connectivity index (χ3v) is 7.71. The van der Waals surface area contributed by atoms with Crippen molar-refractivity contribution in [2.45, 2.75) is 15.7 Å². The number of esters is 1. The summed E-state index contributed by atoms with van der Waals surface area (Å²) in [7, 11) is -2.85. The fourth-order valence-electron chi connectivity index (χ4n) is 3.41. The number of ether oxygens (including phenoxy) is 2. The van der Waals surface area contributed by atoms with Gasteiger partial charge in [-0.1, -0.05) is 23.9 Å². The number of H-pyrrole nitrogens is 1. The molecule has 196 valence electrons. The first-order chi connectivity index (χ1) is 18.8. The molecule has 2 N–H and O–H groups in total. The van der Waals surface area contributed by atoms with Gasteiger partial charge in [0.25, 0.3) is 10.0 Å². The van der Waals surface area contributed by atoms with E-state index in [0.29, 0.717) is 33.3 Å². The molecule has 4 rings (SSSR count). The van der Waals surface area contributed by atoms with Gasteiger partial charge >= 0.3 is 5.97 Å². The zero-order valence-corrected chi connectivity index (χ0v) is 22.0. The monoisotopic (exact) mass is 560 g/mol. The minimum Gasteiger partial charge on any atom is -0.479 e. The van der Waals surface area contributed by atoms with E-state index in [1.807, 2.05) is 18.2 Å². The van der Waals surface area contributed by atoms with Gasteiger partial charge in [-0.2, -0.15) is 15.6 Å². The summed E-state index contributed by atoms with van der Waals surface area (Å²) >= 11 is 1.34. The van der Waals surface area contributed by atoms with E-state index >= 15 is 0 Å². The molecule has 2 aromatic carbocycles. The number of pyridine rings is 1. The van der Waals surface area contributed by atoms with Crippen LogP contribution in [0.15, 0.2) is 76.8 Å². The van der Waals surface area contributed by atoms with Crippen molar-refractivity contribution in [2.75, 3.05) is 18.4 Å². The van der Waals surface area contributed by atoms with E-state index in [1.54, 1.807) is 24.3 Å². The lowest BCUT2D eigenvalue weighted by Gasteiger charge is -2.10. The molecular weight excluding hydrogens is 540 g/mol. The average Bonchev–Trinajstić information content (AvgIpc) is 3.36. The Morgan fingerprint density at radius 1 is 1.10 bits per heavy atom. The SMILES string of the molecule is COC(=O)c1ccc(S(=O)(=O)Nc2[nH]nc(SCc3ccc(OCC#N)cc3)c2-c2cc(C#N)ccn2)cc1. The van der Waals surface area contributed by atoms with Gasteiger partial charge < -0.3 is 9.47 Å². The normalized spacial score (nSPS) is 10.7. The first-order valence-electron chi connectivity index (χ1n) is 11.2. The Hall–Kier alpha value is -4.85. The number of nitriles is 2. The summed E-state index contributed by atoms with van der Waals surface area (Å²) in [5, 5.41) is 25.5. The summed E-state index contributed by atoms with van der Waals surface area (Å²) in [6.07, 6.45) is 1.46. The van der Waals surface area contributed by atoms with Gasteiger partial charge in [0.2, 0.25) is 0 Å². The standard InChI is InChI=1S/C26H20N6O5S2/c1-36-26(33)19-4-8-21(9-5-19)39(34,35)32-24-23(22-14-18(15-28)10-12-29-22)25(31-30-24)38-16-17-2-6-20(7-3-17)37-13-11-27/h2-10,12,14H,13,16H2,1H3,(H2,30,31,32). The molecule has 0 aliphatic heterocycles. The quantitative estimate of drug-likeness (QED) is 0.212. The van der Waals surface area contributed by atoms with E-state index in [-0.39, 0.29) is 22.9 Å². The van der Waals surface area contributed by atoms with Crippen molar-refractivity contribution in [1.82, 2.24) is 15.2 Å². The molecule has 0 fully saturated rings. The van der Waals surface area contributed by atoms with Gasteiger partial charge in [-0.25, -0.2) is 13.2 Å². The zero-order valence-electron chi connectivity index (χ0n) is 20.4. The molecule has 0 aliphatic rings. The summed E-state index contributed by atoms with van der Waals surface area (Å²) in [6, 6.07) is 19.5. The van der Waals surface area contributed by atoms with Crippen LogP contribution in [0.25, 0.3) is 11.3 Å². The largest absolute Gasteiger partial charge is 0.479 e. The number of hydrogen-bond donors (Lipinski definition) is 2. The van der Waals surface area contributed by atoms with Gasteiger partial charge in [-0.15, -0.1) is 0 Å². The minimum absolute atomic E-state index is 0.0480. The van der Waals surface area contributed by atoms with Gasteiger partial charge in [0.1, 0.15) is 22.7 Å². The molecule has 2 aromatic heterocycles. The van der Waals surface area contributed by atoms with E-state index in [0.717, 1.165) is 5.56 Å². The van der Waals surface area contributed by atoms with Crippen molar-refractivity contribution in [3.05, 3.63) is 83.6 Å². The number of aromatic amines is 1. The molecule has 0 saturated carbocycles. The number of carbonyl (C=O) groups is 1. The predicted molar refractivity (Wildman–Crippen MR) is 142 cm³/mol. The lowest BCUT2D eigenvalue weighted by Crippen LogP contribution is -2.14. The summed E-state index contributed by atoms with van der Waals surface area (Å²) in [4.78, 5) is 15.9. The molecule has 4 aromatic rings. The molecule has 0 amide bonds. The summed E-state index contributed by atoms with van der Waals surface area (Å²) in [6.45, 7) is -0.0480. The number of benzene rings is 2. The third-order valence-electron chi connectivity index (χ3n) is 5.30. The number of methoxy groups -OCH3 is 1.